The van der Waals surface area contributed by atoms with Crippen LogP contribution in [-0.4, -0.2) is 21.8 Å². The molecule has 0 saturated heterocycles. The van der Waals surface area contributed by atoms with Crippen molar-refractivity contribution in [1.82, 2.24) is 9.97 Å². The van der Waals surface area contributed by atoms with E-state index in [-0.39, 0.29) is 11.8 Å². The summed E-state index contributed by atoms with van der Waals surface area (Å²) in [5.74, 6) is -0.363. The van der Waals surface area contributed by atoms with Gasteiger partial charge in [-0.3, -0.25) is 9.59 Å². The van der Waals surface area contributed by atoms with Crippen LogP contribution in [0.4, 0.5) is 11.4 Å². The number of nitrogens with zero attached hydrogens (tertiary/aromatic N) is 1. The Kier molecular flexibility index (Phi) is 3.57. The molecule has 0 aliphatic heterocycles. The molecule has 6 nitrogen and oxygen atoms in total. The first-order valence-electron chi connectivity index (χ1n) is 6.74. The first kappa shape index (κ1) is 13.8. The lowest BCUT2D eigenvalue weighted by molar-refractivity contribution is -0.114. The summed E-state index contributed by atoms with van der Waals surface area (Å²) in [6, 6.07) is 12.2. The summed E-state index contributed by atoms with van der Waals surface area (Å²) in [5, 5.41) is 5.48. The van der Waals surface area contributed by atoms with E-state index in [0.29, 0.717) is 16.9 Å². The quantitative estimate of drug-likeness (QED) is 0.694. The van der Waals surface area contributed by atoms with Crippen LogP contribution < -0.4 is 10.6 Å². The largest absolute Gasteiger partial charge is 0.345 e. The molecular weight excluding hydrogens is 280 g/mol. The van der Waals surface area contributed by atoms with Crippen molar-refractivity contribution in [2.75, 3.05) is 10.6 Å². The average Bonchev–Trinajstić information content (AvgIpc) is 2.95. The van der Waals surface area contributed by atoms with Crippen molar-refractivity contribution in [3.63, 3.8) is 0 Å². The van der Waals surface area contributed by atoms with E-state index in [2.05, 4.69) is 20.6 Å². The Morgan fingerprint density at radius 3 is 2.45 bits per heavy atom. The topological polar surface area (TPSA) is 86.9 Å². The molecule has 0 fully saturated rings. The van der Waals surface area contributed by atoms with Gasteiger partial charge in [0.2, 0.25) is 5.91 Å². The molecule has 1 aromatic heterocycles. The number of carbonyl (C=O) groups excluding carboxylic acids is 2. The molecule has 110 valence electrons. The maximum absolute atomic E-state index is 12.2. The van der Waals surface area contributed by atoms with Crippen molar-refractivity contribution in [2.45, 2.75) is 6.92 Å². The Balaban J connectivity index is 1.74. The molecular formula is C16H14N4O2. The number of benzene rings is 2. The van der Waals surface area contributed by atoms with E-state index in [0.717, 1.165) is 11.0 Å². The van der Waals surface area contributed by atoms with Crippen molar-refractivity contribution in [2.24, 2.45) is 0 Å². The molecule has 0 radical (unpaired) electrons. The summed E-state index contributed by atoms with van der Waals surface area (Å²) in [6.07, 6.45) is 1.61. The molecule has 3 rings (SSSR count). The Labute approximate surface area is 126 Å². The molecule has 0 aliphatic carbocycles. The highest BCUT2D eigenvalue weighted by Crippen LogP contribution is 2.17. The Morgan fingerprint density at radius 2 is 1.73 bits per heavy atom. The monoisotopic (exact) mass is 294 g/mol. The van der Waals surface area contributed by atoms with E-state index < -0.39 is 0 Å². The van der Waals surface area contributed by atoms with Gasteiger partial charge in [-0.15, -0.1) is 0 Å². The van der Waals surface area contributed by atoms with Gasteiger partial charge in [-0.25, -0.2) is 4.98 Å². The normalized spacial score (nSPS) is 10.4. The van der Waals surface area contributed by atoms with Crippen molar-refractivity contribution >= 4 is 34.2 Å². The number of imidazole rings is 1. The second-order valence-corrected chi connectivity index (χ2v) is 4.85. The number of anilines is 2. The summed E-state index contributed by atoms with van der Waals surface area (Å²) in [5.41, 5.74) is 3.56. The van der Waals surface area contributed by atoms with E-state index in [1.807, 2.05) is 12.1 Å². The molecule has 2 aromatic carbocycles. The maximum atomic E-state index is 12.2. The molecule has 0 atom stereocenters. The predicted octanol–water partition coefficient (Wildman–Crippen LogP) is 2.77. The molecule has 0 unspecified atom stereocenters. The third-order valence-corrected chi connectivity index (χ3v) is 3.15. The zero-order chi connectivity index (χ0) is 15.5. The zero-order valence-corrected chi connectivity index (χ0v) is 11.9. The number of aromatic nitrogens is 2. The fraction of sp³-hybridized carbons (Fsp3) is 0.0625. The highest BCUT2D eigenvalue weighted by atomic mass is 16.2. The lowest BCUT2D eigenvalue weighted by atomic mass is 10.2. The van der Waals surface area contributed by atoms with E-state index in [1.165, 1.54) is 6.92 Å². The van der Waals surface area contributed by atoms with Crippen LogP contribution in [-0.2, 0) is 4.79 Å². The van der Waals surface area contributed by atoms with Gasteiger partial charge in [0.25, 0.3) is 5.91 Å². The van der Waals surface area contributed by atoms with E-state index >= 15 is 0 Å². The molecule has 6 heteroatoms. The standard InChI is InChI=1S/C16H14N4O2/c1-10(21)19-12-4-2-11(3-5-12)16(22)20-13-6-7-14-15(8-13)18-9-17-14/h2-9H,1H3,(H,17,18)(H,19,21)(H,20,22). The summed E-state index contributed by atoms with van der Waals surface area (Å²) >= 11 is 0. The van der Waals surface area contributed by atoms with Crippen LogP contribution >= 0.6 is 0 Å². The molecule has 1 heterocycles. The number of carbonyl (C=O) groups is 2. The van der Waals surface area contributed by atoms with E-state index in [1.54, 1.807) is 36.7 Å². The number of H-pyrrole nitrogens is 1. The number of rotatable bonds is 3. The number of fused-ring (bicyclic) bond motifs is 1. The summed E-state index contributed by atoms with van der Waals surface area (Å²) in [6.45, 7) is 1.44. The lowest BCUT2D eigenvalue weighted by Crippen LogP contribution is -2.12. The maximum Gasteiger partial charge on any atom is 0.255 e. The minimum Gasteiger partial charge on any atom is -0.345 e. The summed E-state index contributed by atoms with van der Waals surface area (Å²) in [4.78, 5) is 30.3. The fourth-order valence-electron chi connectivity index (χ4n) is 2.12. The van der Waals surface area contributed by atoms with Crippen LogP contribution in [0, 0.1) is 0 Å². The molecule has 22 heavy (non-hydrogen) atoms. The molecule has 2 amide bonds. The molecule has 0 spiro atoms. The zero-order valence-electron chi connectivity index (χ0n) is 11.9. The van der Waals surface area contributed by atoms with Gasteiger partial charge in [-0.05, 0) is 42.5 Å². The number of nitrogens with one attached hydrogen (secondary N) is 3. The smallest absolute Gasteiger partial charge is 0.255 e. The van der Waals surface area contributed by atoms with Crippen molar-refractivity contribution < 1.29 is 9.59 Å². The first-order valence-corrected chi connectivity index (χ1v) is 6.74. The van der Waals surface area contributed by atoms with E-state index in [9.17, 15) is 9.59 Å². The van der Waals surface area contributed by atoms with Gasteiger partial charge >= 0.3 is 0 Å². The fourth-order valence-corrected chi connectivity index (χ4v) is 2.12. The van der Waals surface area contributed by atoms with Crippen LogP contribution in [0.1, 0.15) is 17.3 Å². The van der Waals surface area contributed by atoms with Crippen LogP contribution in [0.15, 0.2) is 48.8 Å². The second-order valence-electron chi connectivity index (χ2n) is 4.85. The minimum absolute atomic E-state index is 0.148. The van der Waals surface area contributed by atoms with Crippen molar-refractivity contribution in [1.29, 1.82) is 0 Å². The van der Waals surface area contributed by atoms with Crippen LogP contribution in [0.25, 0.3) is 11.0 Å². The lowest BCUT2D eigenvalue weighted by Gasteiger charge is -2.06. The molecule has 3 N–H and O–H groups in total. The van der Waals surface area contributed by atoms with Crippen LogP contribution in [0.2, 0.25) is 0 Å². The Bertz CT molecular complexity index is 837. The average molecular weight is 294 g/mol. The third kappa shape index (κ3) is 2.95. The van der Waals surface area contributed by atoms with Crippen molar-refractivity contribution in [3.05, 3.63) is 54.4 Å². The van der Waals surface area contributed by atoms with Crippen LogP contribution in [0.3, 0.4) is 0 Å². The molecule has 0 aliphatic rings. The number of amides is 2. The van der Waals surface area contributed by atoms with Gasteiger partial charge in [0.15, 0.2) is 0 Å². The first-order chi connectivity index (χ1) is 10.6. The summed E-state index contributed by atoms with van der Waals surface area (Å²) < 4.78 is 0. The number of aromatic amines is 1. The second kappa shape index (κ2) is 5.69. The molecule has 3 aromatic rings. The van der Waals surface area contributed by atoms with Gasteiger partial charge in [0.1, 0.15) is 0 Å². The predicted molar refractivity (Wildman–Crippen MR) is 84.8 cm³/mol. The van der Waals surface area contributed by atoms with E-state index in [4.69, 9.17) is 0 Å². The van der Waals surface area contributed by atoms with Gasteiger partial charge in [0.05, 0.1) is 17.4 Å². The highest BCUT2D eigenvalue weighted by Gasteiger charge is 2.07. The summed E-state index contributed by atoms with van der Waals surface area (Å²) in [7, 11) is 0. The van der Waals surface area contributed by atoms with Gasteiger partial charge in [0, 0.05) is 23.9 Å². The van der Waals surface area contributed by atoms with Crippen molar-refractivity contribution in [3.8, 4) is 0 Å². The Hall–Kier alpha value is -3.15. The highest BCUT2D eigenvalue weighted by molar-refractivity contribution is 6.05. The molecule has 0 saturated carbocycles. The number of hydrogen-bond acceptors (Lipinski definition) is 3. The van der Waals surface area contributed by atoms with Gasteiger partial charge in [-0.2, -0.15) is 0 Å². The minimum atomic E-state index is -0.215. The Morgan fingerprint density at radius 1 is 1.00 bits per heavy atom. The van der Waals surface area contributed by atoms with Crippen LogP contribution in [0.5, 0.6) is 0 Å². The SMILES string of the molecule is CC(=O)Nc1ccc(C(=O)Nc2ccc3nc[nH]c3c2)cc1. The molecule has 0 bridgehead atoms. The van der Waals surface area contributed by atoms with Gasteiger partial charge < -0.3 is 15.6 Å². The third-order valence-electron chi connectivity index (χ3n) is 3.15. The number of hydrogen-bond donors (Lipinski definition) is 3. The van der Waals surface area contributed by atoms with Gasteiger partial charge in [-0.1, -0.05) is 0 Å².